The number of amides is 1. The minimum Gasteiger partial charge on any atom is -0.395 e. The molecule has 0 aliphatic rings. The highest BCUT2D eigenvalue weighted by atomic mass is 32.2. The average Bonchev–Trinajstić information content (AvgIpc) is 2.90. The first-order valence-electron chi connectivity index (χ1n) is 6.28. The van der Waals surface area contributed by atoms with Crippen LogP contribution in [-0.4, -0.2) is 34.1 Å². The number of nitrogens with one attached hydrogen (secondary N) is 1. The number of aryl methyl sites for hydroxylation is 1. The molecular weight excluding hydrogens is 326 g/mol. The molecule has 0 fully saturated rings. The first-order valence-corrected chi connectivity index (χ1v) is 7.98. The Morgan fingerprint density at radius 2 is 2.32 bits per heavy atom. The van der Waals surface area contributed by atoms with Crippen LogP contribution < -0.4 is 5.32 Å². The Morgan fingerprint density at radius 3 is 2.91 bits per heavy atom. The van der Waals surface area contributed by atoms with E-state index >= 15 is 0 Å². The van der Waals surface area contributed by atoms with Crippen molar-refractivity contribution in [3.8, 4) is 0 Å². The molecule has 22 heavy (non-hydrogen) atoms. The largest absolute Gasteiger partial charge is 0.395 e. The van der Waals surface area contributed by atoms with Crippen molar-refractivity contribution in [2.75, 3.05) is 13.2 Å². The molecule has 0 saturated carbocycles. The zero-order valence-electron chi connectivity index (χ0n) is 11.6. The molecule has 1 aromatic carbocycles. The van der Waals surface area contributed by atoms with E-state index in [0.717, 1.165) is 5.69 Å². The number of nitro benzene ring substituents is 1. The van der Waals surface area contributed by atoms with Crippen molar-refractivity contribution in [3.63, 3.8) is 0 Å². The van der Waals surface area contributed by atoms with Gasteiger partial charge in [0.1, 0.15) is 0 Å². The predicted octanol–water partition coefficient (Wildman–Crippen LogP) is 2.23. The number of nitrogens with zero attached hydrogens (tertiary/aromatic N) is 2. The van der Waals surface area contributed by atoms with E-state index in [4.69, 9.17) is 5.11 Å². The molecule has 2 N–H and O–H groups in total. The van der Waals surface area contributed by atoms with Crippen LogP contribution in [0.1, 0.15) is 16.1 Å². The second kappa shape index (κ2) is 7.34. The maximum Gasteiger partial charge on any atom is 0.284 e. The smallest absolute Gasteiger partial charge is 0.284 e. The van der Waals surface area contributed by atoms with Crippen LogP contribution in [0.15, 0.2) is 32.8 Å². The van der Waals surface area contributed by atoms with Crippen LogP contribution >= 0.6 is 23.1 Å². The van der Waals surface area contributed by atoms with E-state index < -0.39 is 10.8 Å². The highest BCUT2D eigenvalue weighted by molar-refractivity contribution is 8.01. The van der Waals surface area contributed by atoms with Gasteiger partial charge in [-0.15, -0.1) is 11.3 Å². The SMILES string of the molecule is Cc1csc(Sc2ccc(C(=O)NCCO)cc2[N+](=O)[O-])n1. The fraction of sp³-hybridized carbons (Fsp3) is 0.231. The van der Waals surface area contributed by atoms with Crippen molar-refractivity contribution >= 4 is 34.7 Å². The Hall–Kier alpha value is -1.97. The highest BCUT2D eigenvalue weighted by Crippen LogP contribution is 2.36. The van der Waals surface area contributed by atoms with E-state index in [1.807, 2.05) is 12.3 Å². The van der Waals surface area contributed by atoms with E-state index in [9.17, 15) is 14.9 Å². The van der Waals surface area contributed by atoms with Crippen molar-refractivity contribution in [1.82, 2.24) is 10.3 Å². The van der Waals surface area contributed by atoms with Crippen molar-refractivity contribution in [2.24, 2.45) is 0 Å². The molecule has 0 aliphatic heterocycles. The van der Waals surface area contributed by atoms with Crippen molar-refractivity contribution in [2.45, 2.75) is 16.2 Å². The zero-order valence-corrected chi connectivity index (χ0v) is 13.2. The topological polar surface area (TPSA) is 105 Å². The second-order valence-electron chi connectivity index (χ2n) is 4.28. The molecule has 0 unspecified atom stereocenters. The van der Waals surface area contributed by atoms with Gasteiger partial charge in [-0.2, -0.15) is 0 Å². The summed E-state index contributed by atoms with van der Waals surface area (Å²) >= 11 is 2.60. The Balaban J connectivity index is 2.27. The van der Waals surface area contributed by atoms with Crippen LogP contribution in [0.3, 0.4) is 0 Å². The molecule has 1 heterocycles. The number of aliphatic hydroxyl groups excluding tert-OH is 1. The molecule has 7 nitrogen and oxygen atoms in total. The molecule has 0 atom stereocenters. The van der Waals surface area contributed by atoms with Crippen LogP contribution in [0.5, 0.6) is 0 Å². The van der Waals surface area contributed by atoms with Crippen molar-refractivity contribution in [1.29, 1.82) is 0 Å². The summed E-state index contributed by atoms with van der Waals surface area (Å²) in [5.41, 5.74) is 0.893. The number of nitro groups is 1. The van der Waals surface area contributed by atoms with Gasteiger partial charge in [0.15, 0.2) is 4.34 Å². The first kappa shape index (κ1) is 16.4. The number of aromatic nitrogens is 1. The van der Waals surface area contributed by atoms with Gasteiger partial charge in [-0.3, -0.25) is 14.9 Å². The van der Waals surface area contributed by atoms with E-state index in [-0.39, 0.29) is 24.4 Å². The van der Waals surface area contributed by atoms with E-state index in [1.165, 1.54) is 41.3 Å². The quantitative estimate of drug-likeness (QED) is 0.617. The molecule has 2 aromatic rings. The molecule has 116 valence electrons. The van der Waals surface area contributed by atoms with E-state index in [2.05, 4.69) is 10.3 Å². The molecule has 0 aliphatic carbocycles. The lowest BCUT2D eigenvalue weighted by Crippen LogP contribution is -2.26. The summed E-state index contributed by atoms with van der Waals surface area (Å²) in [5, 5.41) is 24.2. The molecule has 0 saturated heterocycles. The number of carbonyl (C=O) groups is 1. The number of hydrogen-bond acceptors (Lipinski definition) is 7. The van der Waals surface area contributed by atoms with Gasteiger partial charge in [0.05, 0.1) is 16.4 Å². The molecular formula is C13H13N3O4S2. The van der Waals surface area contributed by atoms with Gasteiger partial charge in [0, 0.05) is 29.2 Å². The van der Waals surface area contributed by atoms with Gasteiger partial charge in [0.25, 0.3) is 11.6 Å². The first-order chi connectivity index (χ1) is 10.5. The van der Waals surface area contributed by atoms with Crippen LogP contribution in [0.2, 0.25) is 0 Å². The summed E-state index contributed by atoms with van der Waals surface area (Å²) in [5.74, 6) is -0.459. The van der Waals surface area contributed by atoms with Crippen LogP contribution in [0.25, 0.3) is 0 Å². The molecule has 1 aromatic heterocycles. The molecule has 0 spiro atoms. The number of hydrogen-bond donors (Lipinski definition) is 2. The number of rotatable bonds is 6. The van der Waals surface area contributed by atoms with Gasteiger partial charge in [-0.1, -0.05) is 11.8 Å². The lowest BCUT2D eigenvalue weighted by molar-refractivity contribution is -0.387. The molecule has 0 bridgehead atoms. The van der Waals surface area contributed by atoms with Crippen molar-refractivity contribution < 1.29 is 14.8 Å². The summed E-state index contributed by atoms with van der Waals surface area (Å²) in [7, 11) is 0. The summed E-state index contributed by atoms with van der Waals surface area (Å²) in [4.78, 5) is 27.2. The number of aliphatic hydroxyl groups is 1. The van der Waals surface area contributed by atoms with E-state index in [1.54, 1.807) is 0 Å². The molecule has 2 rings (SSSR count). The fourth-order valence-electron chi connectivity index (χ4n) is 1.63. The third-order valence-electron chi connectivity index (χ3n) is 2.61. The Labute approximate surface area is 134 Å². The maximum absolute atomic E-state index is 11.8. The molecule has 9 heteroatoms. The summed E-state index contributed by atoms with van der Waals surface area (Å²) in [6.45, 7) is 1.76. The van der Waals surface area contributed by atoms with Gasteiger partial charge < -0.3 is 10.4 Å². The third kappa shape index (κ3) is 4.03. The molecule has 0 radical (unpaired) electrons. The number of benzene rings is 1. The lowest BCUT2D eigenvalue weighted by atomic mass is 10.2. The van der Waals surface area contributed by atoms with Gasteiger partial charge >= 0.3 is 0 Å². The highest BCUT2D eigenvalue weighted by Gasteiger charge is 2.19. The Morgan fingerprint density at radius 1 is 1.55 bits per heavy atom. The zero-order chi connectivity index (χ0) is 16.1. The van der Waals surface area contributed by atoms with Gasteiger partial charge in [0.2, 0.25) is 0 Å². The standard InChI is InChI=1S/C13H13N3O4S2/c1-8-7-21-13(15-8)22-11-3-2-9(6-10(11)16(19)20)12(18)14-4-5-17/h2-3,6-7,17H,4-5H2,1H3,(H,14,18). The molecule has 1 amide bonds. The maximum atomic E-state index is 11.8. The van der Waals surface area contributed by atoms with Crippen LogP contribution in [0, 0.1) is 17.0 Å². The Bertz CT molecular complexity index is 702. The fourth-order valence-corrected chi connectivity index (χ4v) is 3.51. The summed E-state index contributed by atoms with van der Waals surface area (Å²) in [6.07, 6.45) is 0. The number of carbonyl (C=O) groups excluding carboxylic acids is 1. The van der Waals surface area contributed by atoms with Crippen LogP contribution in [-0.2, 0) is 0 Å². The van der Waals surface area contributed by atoms with Gasteiger partial charge in [-0.05, 0) is 19.1 Å². The minimum absolute atomic E-state index is 0.0987. The monoisotopic (exact) mass is 339 g/mol. The Kier molecular flexibility index (Phi) is 5.47. The normalized spacial score (nSPS) is 10.5. The second-order valence-corrected chi connectivity index (χ2v) is 6.42. The van der Waals surface area contributed by atoms with Crippen molar-refractivity contribution in [3.05, 3.63) is 45.0 Å². The van der Waals surface area contributed by atoms with Crippen LogP contribution in [0.4, 0.5) is 5.69 Å². The minimum atomic E-state index is -0.522. The predicted molar refractivity (Wildman–Crippen MR) is 83.5 cm³/mol. The summed E-state index contributed by atoms with van der Waals surface area (Å²) < 4.78 is 0.707. The average molecular weight is 339 g/mol. The van der Waals surface area contributed by atoms with E-state index in [0.29, 0.717) is 9.24 Å². The lowest BCUT2D eigenvalue weighted by Gasteiger charge is -2.05. The summed E-state index contributed by atoms with van der Waals surface area (Å²) in [6, 6.07) is 4.28. The third-order valence-corrected chi connectivity index (χ3v) is 4.73. The number of thiazole rings is 1. The van der Waals surface area contributed by atoms with Gasteiger partial charge in [-0.25, -0.2) is 4.98 Å².